The van der Waals surface area contributed by atoms with Crippen molar-refractivity contribution in [2.45, 2.75) is 33.7 Å². The maximum absolute atomic E-state index is 5.97. The summed E-state index contributed by atoms with van der Waals surface area (Å²) < 4.78 is 11.7. The van der Waals surface area contributed by atoms with Gasteiger partial charge in [0.05, 0.1) is 0 Å². The number of benzene rings is 1. The second kappa shape index (κ2) is 5.06. The van der Waals surface area contributed by atoms with Gasteiger partial charge >= 0.3 is 0 Å². The lowest BCUT2D eigenvalue weighted by molar-refractivity contribution is 0.461. The zero-order chi connectivity index (χ0) is 15.1. The number of hydrogen-bond donors (Lipinski definition) is 2. The molecule has 0 fully saturated rings. The van der Waals surface area contributed by atoms with Gasteiger partial charge in [-0.3, -0.25) is 5.84 Å². The highest BCUT2D eigenvalue weighted by molar-refractivity contribution is 5.79. The van der Waals surface area contributed by atoms with Gasteiger partial charge in [0.1, 0.15) is 28.9 Å². The number of hydrazine groups is 1. The summed E-state index contributed by atoms with van der Waals surface area (Å²) in [5, 5.41) is 1.08. The SMILES string of the molecule is Cc1ccc2oc(C(NN)c3c(C)oc(C)c3C)cc2c1. The van der Waals surface area contributed by atoms with Crippen LogP contribution in [-0.2, 0) is 0 Å². The molecule has 0 spiro atoms. The van der Waals surface area contributed by atoms with Gasteiger partial charge < -0.3 is 8.83 Å². The Morgan fingerprint density at radius 2 is 1.76 bits per heavy atom. The van der Waals surface area contributed by atoms with Crippen LogP contribution in [0.25, 0.3) is 11.0 Å². The summed E-state index contributed by atoms with van der Waals surface area (Å²) in [6.07, 6.45) is 0. The van der Waals surface area contributed by atoms with E-state index in [9.17, 15) is 0 Å². The Hall–Kier alpha value is -2.04. The molecule has 1 atom stereocenters. The molecule has 1 unspecified atom stereocenters. The van der Waals surface area contributed by atoms with Crippen LogP contribution in [0.1, 0.15) is 40.0 Å². The van der Waals surface area contributed by atoms with Crippen LogP contribution < -0.4 is 11.3 Å². The van der Waals surface area contributed by atoms with E-state index in [2.05, 4.69) is 18.4 Å². The molecule has 2 heterocycles. The number of nitrogens with two attached hydrogens (primary N) is 1. The number of furan rings is 2. The first-order valence-corrected chi connectivity index (χ1v) is 7.04. The van der Waals surface area contributed by atoms with E-state index in [-0.39, 0.29) is 6.04 Å². The average Bonchev–Trinajstić information content (AvgIpc) is 2.95. The number of nitrogens with one attached hydrogen (secondary N) is 1. The van der Waals surface area contributed by atoms with Crippen molar-refractivity contribution in [3.63, 3.8) is 0 Å². The minimum absolute atomic E-state index is 0.213. The van der Waals surface area contributed by atoms with E-state index in [1.165, 1.54) is 5.56 Å². The standard InChI is InChI=1S/C17H20N2O2/c1-9-5-6-14-13(7-9)8-15(21-14)17(19-18)16-10(2)11(3)20-12(16)4/h5-8,17,19H,18H2,1-4H3. The van der Waals surface area contributed by atoms with Crippen molar-refractivity contribution in [1.29, 1.82) is 0 Å². The molecule has 3 aromatic rings. The molecule has 0 aliphatic heterocycles. The van der Waals surface area contributed by atoms with Crippen LogP contribution >= 0.6 is 0 Å². The third-order valence-electron chi connectivity index (χ3n) is 4.05. The fourth-order valence-electron chi connectivity index (χ4n) is 2.87. The topological polar surface area (TPSA) is 64.3 Å². The molecule has 110 valence electrons. The van der Waals surface area contributed by atoms with Crippen molar-refractivity contribution < 1.29 is 8.83 Å². The van der Waals surface area contributed by atoms with Gasteiger partial charge in [0.25, 0.3) is 0 Å². The number of rotatable bonds is 3. The number of aryl methyl sites for hydroxylation is 3. The molecule has 0 radical (unpaired) electrons. The van der Waals surface area contributed by atoms with Crippen molar-refractivity contribution in [2.24, 2.45) is 5.84 Å². The summed E-state index contributed by atoms with van der Waals surface area (Å²) >= 11 is 0. The summed E-state index contributed by atoms with van der Waals surface area (Å²) in [5.74, 6) is 8.36. The minimum atomic E-state index is -0.213. The zero-order valence-corrected chi connectivity index (χ0v) is 12.8. The molecule has 0 saturated carbocycles. The molecular formula is C17H20N2O2. The molecule has 0 amide bonds. The van der Waals surface area contributed by atoms with Gasteiger partial charge in [-0.05, 0) is 51.5 Å². The van der Waals surface area contributed by atoms with Gasteiger partial charge in [-0.2, -0.15) is 0 Å². The third-order valence-corrected chi connectivity index (χ3v) is 4.05. The molecule has 3 N–H and O–H groups in total. The molecule has 3 rings (SSSR count). The van der Waals surface area contributed by atoms with Crippen molar-refractivity contribution in [3.8, 4) is 0 Å². The quantitative estimate of drug-likeness (QED) is 0.567. The predicted octanol–water partition coefficient (Wildman–Crippen LogP) is 3.81. The smallest absolute Gasteiger partial charge is 0.134 e. The Balaban J connectivity index is 2.13. The Labute approximate surface area is 123 Å². The zero-order valence-electron chi connectivity index (χ0n) is 12.8. The van der Waals surface area contributed by atoms with Gasteiger partial charge in [0.2, 0.25) is 0 Å². The molecule has 0 saturated heterocycles. The summed E-state index contributed by atoms with van der Waals surface area (Å²) in [6, 6.07) is 7.96. The average molecular weight is 284 g/mol. The van der Waals surface area contributed by atoms with Gasteiger partial charge in [-0.1, -0.05) is 11.6 Å². The Bertz CT molecular complexity index is 799. The molecule has 4 heteroatoms. The predicted molar refractivity (Wildman–Crippen MR) is 83.0 cm³/mol. The van der Waals surface area contributed by atoms with Crippen LogP contribution in [0, 0.1) is 27.7 Å². The Morgan fingerprint density at radius 1 is 1.00 bits per heavy atom. The van der Waals surface area contributed by atoms with E-state index in [0.717, 1.165) is 39.4 Å². The van der Waals surface area contributed by atoms with Crippen molar-refractivity contribution >= 4 is 11.0 Å². The molecule has 2 aromatic heterocycles. The monoisotopic (exact) mass is 284 g/mol. The van der Waals surface area contributed by atoms with E-state index < -0.39 is 0 Å². The van der Waals surface area contributed by atoms with E-state index >= 15 is 0 Å². The fourth-order valence-corrected chi connectivity index (χ4v) is 2.87. The highest BCUT2D eigenvalue weighted by atomic mass is 16.3. The first-order chi connectivity index (χ1) is 10.0. The molecule has 21 heavy (non-hydrogen) atoms. The highest BCUT2D eigenvalue weighted by Crippen LogP contribution is 2.33. The van der Waals surface area contributed by atoms with Crippen LogP contribution in [0.5, 0.6) is 0 Å². The van der Waals surface area contributed by atoms with Crippen LogP contribution in [0.15, 0.2) is 33.1 Å². The first-order valence-electron chi connectivity index (χ1n) is 7.04. The highest BCUT2D eigenvalue weighted by Gasteiger charge is 2.24. The number of hydrogen-bond acceptors (Lipinski definition) is 4. The molecule has 4 nitrogen and oxygen atoms in total. The van der Waals surface area contributed by atoms with Gasteiger partial charge in [0, 0.05) is 10.9 Å². The second-order valence-corrected chi connectivity index (χ2v) is 5.54. The Kier molecular flexibility index (Phi) is 3.35. The van der Waals surface area contributed by atoms with Crippen molar-refractivity contribution in [1.82, 2.24) is 5.43 Å². The molecule has 0 aliphatic carbocycles. The first kappa shape index (κ1) is 13.9. The lowest BCUT2D eigenvalue weighted by atomic mass is 10.0. The maximum atomic E-state index is 5.97. The Morgan fingerprint density at radius 3 is 2.38 bits per heavy atom. The van der Waals surface area contributed by atoms with Crippen LogP contribution in [0.3, 0.4) is 0 Å². The minimum Gasteiger partial charge on any atom is -0.466 e. The third kappa shape index (κ3) is 2.26. The second-order valence-electron chi connectivity index (χ2n) is 5.54. The van der Waals surface area contributed by atoms with E-state index in [0.29, 0.717) is 0 Å². The fraction of sp³-hybridized carbons (Fsp3) is 0.294. The molecular weight excluding hydrogens is 264 g/mol. The molecule has 1 aromatic carbocycles. The normalized spacial score (nSPS) is 13.0. The van der Waals surface area contributed by atoms with Gasteiger partial charge in [-0.15, -0.1) is 0 Å². The number of fused-ring (bicyclic) bond motifs is 1. The van der Waals surface area contributed by atoms with Gasteiger partial charge in [0.15, 0.2) is 0 Å². The maximum Gasteiger partial charge on any atom is 0.134 e. The lowest BCUT2D eigenvalue weighted by Crippen LogP contribution is -2.29. The van der Waals surface area contributed by atoms with Gasteiger partial charge in [-0.25, -0.2) is 5.43 Å². The molecule has 0 aliphatic rings. The largest absolute Gasteiger partial charge is 0.466 e. The molecule has 0 bridgehead atoms. The van der Waals surface area contributed by atoms with E-state index in [1.54, 1.807) is 0 Å². The van der Waals surface area contributed by atoms with Crippen LogP contribution in [0.2, 0.25) is 0 Å². The van der Waals surface area contributed by atoms with E-state index in [4.69, 9.17) is 14.7 Å². The van der Waals surface area contributed by atoms with Crippen LogP contribution in [0.4, 0.5) is 0 Å². The van der Waals surface area contributed by atoms with Crippen LogP contribution in [-0.4, -0.2) is 0 Å². The van der Waals surface area contributed by atoms with Crippen molar-refractivity contribution in [2.75, 3.05) is 0 Å². The van der Waals surface area contributed by atoms with Crippen molar-refractivity contribution in [3.05, 3.63) is 58.2 Å². The summed E-state index contributed by atoms with van der Waals surface area (Å²) in [7, 11) is 0. The summed E-state index contributed by atoms with van der Waals surface area (Å²) in [4.78, 5) is 0. The summed E-state index contributed by atoms with van der Waals surface area (Å²) in [5.41, 5.74) is 7.08. The summed E-state index contributed by atoms with van der Waals surface area (Å²) in [6.45, 7) is 8.02. The van der Waals surface area contributed by atoms with E-state index in [1.807, 2.05) is 39.0 Å². The lowest BCUT2D eigenvalue weighted by Gasteiger charge is -2.13.